The minimum absolute atomic E-state index is 0.0340. The second-order valence-electron chi connectivity index (χ2n) is 15.8. The van der Waals surface area contributed by atoms with Crippen molar-refractivity contribution in [2.24, 2.45) is 5.92 Å². The van der Waals surface area contributed by atoms with Crippen LogP contribution in [0.3, 0.4) is 0 Å². The highest BCUT2D eigenvalue weighted by Crippen LogP contribution is 2.68. The number of phenols is 1. The number of alkyl halides is 1. The Kier molecular flexibility index (Phi) is 9.04. The number of hydrogen-bond acceptors (Lipinski definition) is 8. The number of aromatic hydroxyl groups is 1. The molecule has 2 heterocycles. The first-order valence-electron chi connectivity index (χ1n) is 17.2. The van der Waals surface area contributed by atoms with Gasteiger partial charge in [-0.3, -0.25) is 19.4 Å². The summed E-state index contributed by atoms with van der Waals surface area (Å²) in [5, 5.41) is 22.5. The van der Waals surface area contributed by atoms with Gasteiger partial charge < -0.3 is 19.7 Å². The molecule has 2 amide bonds. The average molecular weight is 717 g/mol. The molecule has 4 unspecified atom stereocenters. The van der Waals surface area contributed by atoms with Gasteiger partial charge in [0, 0.05) is 58.6 Å². The molecule has 0 aromatic heterocycles. The average Bonchev–Trinajstić information content (AvgIpc) is 3.47. The first-order chi connectivity index (χ1) is 23.8. The molecule has 0 radical (unpaired) electrons. The van der Waals surface area contributed by atoms with Crippen molar-refractivity contribution in [3.05, 3.63) is 82.1 Å². The van der Waals surface area contributed by atoms with Crippen LogP contribution in [0.15, 0.2) is 54.2 Å². The molecule has 2 N–H and O–H groups in total. The molecule has 11 heteroatoms. The summed E-state index contributed by atoms with van der Waals surface area (Å²) in [6, 6.07) is 12.5. The Morgan fingerprint density at radius 3 is 2.04 bits per heavy atom. The lowest BCUT2D eigenvalue weighted by molar-refractivity contribution is 0.0318. The number of halogens is 1. The molecular formula is C40H45ClN2O8. The Morgan fingerprint density at radius 1 is 0.863 bits per heavy atom. The van der Waals surface area contributed by atoms with E-state index >= 15 is 0 Å². The summed E-state index contributed by atoms with van der Waals surface area (Å²) in [5.41, 5.74) is 3.53. The van der Waals surface area contributed by atoms with Crippen molar-refractivity contribution in [1.82, 2.24) is 4.90 Å². The molecule has 10 nitrogen and oxygen atoms in total. The van der Waals surface area contributed by atoms with Gasteiger partial charge in [0.25, 0.3) is 0 Å². The van der Waals surface area contributed by atoms with Gasteiger partial charge in [0.1, 0.15) is 23.1 Å². The van der Waals surface area contributed by atoms with Crippen LogP contribution in [0.1, 0.15) is 111 Å². The highest BCUT2D eigenvalue weighted by Gasteiger charge is 2.67. The van der Waals surface area contributed by atoms with Crippen LogP contribution in [0.25, 0.3) is 10.8 Å². The van der Waals surface area contributed by atoms with Crippen LogP contribution in [0.4, 0.5) is 15.3 Å². The van der Waals surface area contributed by atoms with Crippen LogP contribution >= 0.6 is 11.6 Å². The molecule has 2 aliphatic carbocycles. The third-order valence-corrected chi connectivity index (χ3v) is 10.3. The van der Waals surface area contributed by atoms with Crippen molar-refractivity contribution in [1.29, 1.82) is 0 Å². The molecule has 4 aliphatic rings. The van der Waals surface area contributed by atoms with Crippen LogP contribution < -0.4 is 4.90 Å². The number of ether oxygens (including phenoxy) is 2. The minimum atomic E-state index is -0.889. The fourth-order valence-corrected chi connectivity index (χ4v) is 8.13. The van der Waals surface area contributed by atoms with Crippen molar-refractivity contribution in [3.63, 3.8) is 0 Å². The van der Waals surface area contributed by atoms with E-state index in [9.17, 15) is 29.4 Å². The highest BCUT2D eigenvalue weighted by atomic mass is 35.5. The number of amides is 2. The predicted molar refractivity (Wildman–Crippen MR) is 195 cm³/mol. The maximum atomic E-state index is 12.6. The number of anilines is 1. The van der Waals surface area contributed by atoms with E-state index in [1.807, 2.05) is 39.0 Å². The Hall–Kier alpha value is -4.41. The number of ketones is 2. The number of aliphatic hydroxyl groups excluding tert-OH is 1. The molecule has 1 saturated carbocycles. The van der Waals surface area contributed by atoms with Gasteiger partial charge in [0.15, 0.2) is 11.6 Å². The standard InChI is InChI=1S/C20H22ClNO4.C20H23NO4/c1-11(23)13-6-5-7-14-17-12(9-21)10-22(19(25)26-20(2,3)4)15(17)8-16(24)18(13)14;1-11(22)13-6-5-7-14-17(13)15(23)8-16-20(14)9-12(20)10-21(16)18(24)25-19(2,3)4/h5-8,12,24H,9-10H2,1-4H3;5-8,12,15,23H,9-10H2,1-4H3. The van der Waals surface area contributed by atoms with Gasteiger partial charge in [-0.1, -0.05) is 36.4 Å². The minimum Gasteiger partial charge on any atom is -0.507 e. The number of Topliss-reactive ketones (excluding diaryl/α,β-unsaturated/α-hetero) is 2. The molecule has 1 saturated heterocycles. The number of likely N-dealkylation sites (tertiary alicyclic amines) is 1. The van der Waals surface area contributed by atoms with E-state index in [4.69, 9.17) is 21.1 Å². The summed E-state index contributed by atoms with van der Waals surface area (Å²) in [6.45, 7) is 14.9. The van der Waals surface area contributed by atoms with Crippen molar-refractivity contribution in [2.45, 2.75) is 90.4 Å². The van der Waals surface area contributed by atoms with Crippen LogP contribution in [0, 0.1) is 5.92 Å². The third kappa shape index (κ3) is 6.37. The van der Waals surface area contributed by atoms with E-state index in [-0.39, 0.29) is 34.7 Å². The number of carbonyl (C=O) groups excluding carboxylic acids is 4. The number of benzene rings is 3. The van der Waals surface area contributed by atoms with E-state index in [0.717, 1.165) is 28.6 Å². The normalized spacial score (nSPS) is 22.9. The summed E-state index contributed by atoms with van der Waals surface area (Å²) in [7, 11) is 0. The fourth-order valence-electron chi connectivity index (χ4n) is 7.87. The van der Waals surface area contributed by atoms with E-state index in [1.54, 1.807) is 49.9 Å². The molecule has 2 aliphatic heterocycles. The van der Waals surface area contributed by atoms with Crippen molar-refractivity contribution >= 4 is 51.8 Å². The van der Waals surface area contributed by atoms with Gasteiger partial charge >= 0.3 is 12.2 Å². The van der Waals surface area contributed by atoms with Crippen LogP contribution in [0.5, 0.6) is 5.75 Å². The smallest absolute Gasteiger partial charge is 0.414 e. The number of allylic oxidation sites excluding steroid dienone is 1. The molecule has 0 bridgehead atoms. The first-order valence-corrected chi connectivity index (χ1v) is 17.7. The van der Waals surface area contributed by atoms with E-state index in [1.165, 1.54) is 24.8 Å². The zero-order chi connectivity index (χ0) is 37.4. The molecule has 4 atom stereocenters. The van der Waals surface area contributed by atoms with Crippen molar-refractivity contribution in [3.8, 4) is 5.75 Å². The Morgan fingerprint density at radius 2 is 1.45 bits per heavy atom. The number of piperidine rings is 1. The maximum Gasteiger partial charge on any atom is 0.414 e. The molecular weight excluding hydrogens is 672 g/mol. The second kappa shape index (κ2) is 12.7. The summed E-state index contributed by atoms with van der Waals surface area (Å²) in [6.07, 6.45) is 0.932. The molecule has 1 spiro atoms. The first kappa shape index (κ1) is 36.4. The molecule has 3 aromatic rings. The maximum absolute atomic E-state index is 12.6. The van der Waals surface area contributed by atoms with Crippen molar-refractivity contribution in [2.75, 3.05) is 23.9 Å². The summed E-state index contributed by atoms with van der Waals surface area (Å²) in [5.74, 6) is 0.312. The van der Waals surface area contributed by atoms with Crippen molar-refractivity contribution < 1.29 is 38.9 Å². The largest absolute Gasteiger partial charge is 0.507 e. The number of phenolic OH excluding ortho intramolecular Hbond substituents is 1. The lowest BCUT2D eigenvalue weighted by Gasteiger charge is -2.33. The van der Waals surface area contributed by atoms with Gasteiger partial charge in [0.05, 0.1) is 5.69 Å². The number of fused-ring (bicyclic) bond motifs is 4. The van der Waals surface area contributed by atoms with Gasteiger partial charge in [-0.05, 0) is 95.9 Å². The SMILES string of the molecule is CC(=O)c1cccc2c1C(O)C=C1N(C(=O)OC(C)(C)C)CC3CC123.CC(=O)c1cccc2c3c(cc(O)c12)N(C(=O)OC(C)(C)C)CC3CCl. The van der Waals surface area contributed by atoms with Gasteiger partial charge in [0.2, 0.25) is 0 Å². The number of carbonyl (C=O) groups is 4. The van der Waals surface area contributed by atoms with E-state index in [0.29, 0.717) is 52.7 Å². The summed E-state index contributed by atoms with van der Waals surface area (Å²) in [4.78, 5) is 52.4. The van der Waals surface area contributed by atoms with Crippen LogP contribution in [-0.4, -0.2) is 69.0 Å². The number of nitrogens with zero attached hydrogens (tertiary/aromatic N) is 2. The summed E-state index contributed by atoms with van der Waals surface area (Å²) >= 11 is 6.17. The van der Waals surface area contributed by atoms with Crippen LogP contribution in [0.2, 0.25) is 0 Å². The number of hydrogen-bond donors (Lipinski definition) is 2. The molecule has 3 aromatic carbocycles. The fraction of sp³-hybridized carbons (Fsp3) is 0.450. The number of aliphatic hydroxyl groups is 1. The second-order valence-corrected chi connectivity index (χ2v) is 16.1. The van der Waals surface area contributed by atoms with E-state index in [2.05, 4.69) is 0 Å². The molecule has 7 rings (SSSR count). The Balaban J connectivity index is 0.000000176. The topological polar surface area (TPSA) is 134 Å². The zero-order valence-electron chi connectivity index (χ0n) is 30.3. The third-order valence-electron chi connectivity index (χ3n) is 9.89. The lowest BCUT2D eigenvalue weighted by atomic mass is 9.78. The zero-order valence-corrected chi connectivity index (χ0v) is 31.1. The Labute approximate surface area is 303 Å². The monoisotopic (exact) mass is 716 g/mol. The van der Waals surface area contributed by atoms with Gasteiger partial charge in [-0.15, -0.1) is 11.6 Å². The lowest BCUT2D eigenvalue weighted by Crippen LogP contribution is -2.37. The molecule has 2 fully saturated rings. The molecule has 270 valence electrons. The Bertz CT molecular complexity index is 2010. The van der Waals surface area contributed by atoms with E-state index < -0.39 is 23.4 Å². The van der Waals surface area contributed by atoms with Gasteiger partial charge in [-0.2, -0.15) is 0 Å². The quantitative estimate of drug-likeness (QED) is 0.205. The summed E-state index contributed by atoms with van der Waals surface area (Å²) < 4.78 is 11.0. The molecule has 51 heavy (non-hydrogen) atoms. The predicted octanol–water partition coefficient (Wildman–Crippen LogP) is 8.15. The van der Waals surface area contributed by atoms with Gasteiger partial charge in [-0.25, -0.2) is 9.59 Å². The highest BCUT2D eigenvalue weighted by molar-refractivity contribution is 6.19. The number of rotatable bonds is 3. The van der Waals surface area contributed by atoms with Crippen LogP contribution in [-0.2, 0) is 14.9 Å².